The Hall–Kier alpha value is -0.905. The Morgan fingerprint density at radius 3 is 2.43 bits per heavy atom. The normalized spacial score (nSPS) is 9.79. The molecular weight excluding hydrogens is 206 g/mol. The lowest BCUT2D eigenvalue weighted by Crippen LogP contribution is -2.21. The van der Waals surface area contributed by atoms with E-state index in [9.17, 15) is 0 Å². The van der Waals surface area contributed by atoms with Gasteiger partial charge in [0.15, 0.2) is 0 Å². The lowest BCUT2D eigenvalue weighted by Gasteiger charge is -2.11. The summed E-state index contributed by atoms with van der Waals surface area (Å²) in [5.41, 5.74) is 0.708. The van der Waals surface area contributed by atoms with Crippen LogP contribution < -0.4 is 9.39 Å². The third-order valence-electron chi connectivity index (χ3n) is 1.68. The quantitative estimate of drug-likeness (QED) is 0.740. The molecule has 0 saturated carbocycles. The SMILES string of the molecule is COc1cc(C)c(OB(O)O)cc1Cl. The predicted octanol–water partition coefficient (Wildman–Crippen LogP) is 1.01. The van der Waals surface area contributed by atoms with Gasteiger partial charge in [-0.15, -0.1) is 0 Å². The first-order valence-electron chi connectivity index (χ1n) is 3.91. The largest absolute Gasteiger partial charge is 0.707 e. The molecule has 0 aliphatic rings. The Morgan fingerprint density at radius 1 is 1.29 bits per heavy atom. The molecule has 1 aromatic carbocycles. The van der Waals surface area contributed by atoms with Crippen molar-refractivity contribution in [2.75, 3.05) is 7.11 Å². The average molecular weight is 216 g/mol. The summed E-state index contributed by atoms with van der Waals surface area (Å²) in [7, 11) is -0.347. The standard InChI is InChI=1S/C8H10BClO4/c1-5-3-8(13-2)6(10)4-7(5)14-9(11)12/h3-4,11-12H,1-2H3. The summed E-state index contributed by atoms with van der Waals surface area (Å²) in [6, 6.07) is 3.12. The Kier molecular flexibility index (Phi) is 3.63. The van der Waals surface area contributed by atoms with E-state index in [0.717, 1.165) is 0 Å². The summed E-state index contributed by atoms with van der Waals surface area (Å²) < 4.78 is 9.67. The van der Waals surface area contributed by atoms with E-state index in [4.69, 9.17) is 31.0 Å². The zero-order valence-electron chi connectivity index (χ0n) is 7.82. The molecule has 0 fully saturated rings. The molecule has 0 atom stereocenters. The lowest BCUT2D eigenvalue weighted by atomic mass is 10.2. The van der Waals surface area contributed by atoms with Crippen LogP contribution in [0.1, 0.15) is 5.56 Å². The van der Waals surface area contributed by atoms with Crippen LogP contribution in [0.2, 0.25) is 5.02 Å². The Bertz CT molecular complexity index is 329. The molecule has 0 aromatic heterocycles. The van der Waals surface area contributed by atoms with E-state index >= 15 is 0 Å². The van der Waals surface area contributed by atoms with Gasteiger partial charge in [-0.2, -0.15) is 0 Å². The second-order valence-corrected chi connectivity index (χ2v) is 3.10. The van der Waals surface area contributed by atoms with Crippen molar-refractivity contribution in [1.29, 1.82) is 0 Å². The third kappa shape index (κ3) is 2.54. The van der Waals surface area contributed by atoms with Crippen LogP contribution in [0.15, 0.2) is 12.1 Å². The highest BCUT2D eigenvalue weighted by Gasteiger charge is 2.14. The molecule has 1 aromatic rings. The maximum Gasteiger partial charge on any atom is 0.707 e. The molecule has 0 unspecified atom stereocenters. The molecule has 4 nitrogen and oxygen atoms in total. The molecular formula is C8H10BClO4. The second kappa shape index (κ2) is 4.55. The van der Waals surface area contributed by atoms with E-state index in [-0.39, 0.29) is 0 Å². The highest BCUT2D eigenvalue weighted by atomic mass is 35.5. The third-order valence-corrected chi connectivity index (χ3v) is 1.98. The first-order valence-corrected chi connectivity index (χ1v) is 4.29. The number of benzene rings is 1. The van der Waals surface area contributed by atoms with Crippen LogP contribution in [0.4, 0.5) is 0 Å². The van der Waals surface area contributed by atoms with E-state index in [2.05, 4.69) is 0 Å². The molecule has 76 valence electrons. The molecule has 0 radical (unpaired) electrons. The van der Waals surface area contributed by atoms with E-state index in [1.54, 1.807) is 13.0 Å². The molecule has 14 heavy (non-hydrogen) atoms. The first-order chi connectivity index (χ1) is 6.54. The topological polar surface area (TPSA) is 58.9 Å². The van der Waals surface area contributed by atoms with Crippen LogP contribution in [0.25, 0.3) is 0 Å². The summed E-state index contributed by atoms with van der Waals surface area (Å²) in [6.45, 7) is 1.75. The highest BCUT2D eigenvalue weighted by molar-refractivity contribution is 6.34. The van der Waals surface area contributed by atoms with Crippen molar-refractivity contribution in [1.82, 2.24) is 0 Å². The predicted molar refractivity (Wildman–Crippen MR) is 53.6 cm³/mol. The molecule has 0 aliphatic heterocycles. The monoisotopic (exact) mass is 216 g/mol. The molecule has 0 bridgehead atoms. The molecule has 0 amide bonds. The van der Waals surface area contributed by atoms with E-state index in [1.807, 2.05) is 0 Å². The van der Waals surface area contributed by atoms with Crippen LogP contribution in [-0.4, -0.2) is 24.5 Å². The van der Waals surface area contributed by atoms with E-state index in [0.29, 0.717) is 22.1 Å². The number of hydrogen-bond donors (Lipinski definition) is 2. The van der Waals surface area contributed by atoms with Crippen molar-refractivity contribution in [3.05, 3.63) is 22.7 Å². The minimum absolute atomic E-state index is 0.311. The fourth-order valence-electron chi connectivity index (χ4n) is 1.03. The minimum atomic E-state index is -1.85. The first kappa shape index (κ1) is 11.2. The van der Waals surface area contributed by atoms with Crippen molar-refractivity contribution < 1.29 is 19.4 Å². The van der Waals surface area contributed by atoms with Gasteiger partial charge in [0, 0.05) is 6.07 Å². The zero-order chi connectivity index (χ0) is 10.7. The van der Waals surface area contributed by atoms with Gasteiger partial charge in [0.2, 0.25) is 0 Å². The Morgan fingerprint density at radius 2 is 1.93 bits per heavy atom. The Balaban J connectivity index is 3.02. The maximum atomic E-state index is 8.61. The van der Waals surface area contributed by atoms with Crippen molar-refractivity contribution in [3.8, 4) is 11.5 Å². The van der Waals surface area contributed by atoms with Gasteiger partial charge in [-0.1, -0.05) is 11.6 Å². The van der Waals surface area contributed by atoms with Crippen molar-refractivity contribution >= 4 is 18.9 Å². The number of halogens is 1. The summed E-state index contributed by atoms with van der Waals surface area (Å²) in [5.74, 6) is 0.828. The fourth-order valence-corrected chi connectivity index (χ4v) is 1.26. The molecule has 6 heteroatoms. The number of ether oxygens (including phenoxy) is 1. The van der Waals surface area contributed by atoms with Crippen LogP contribution in [0.3, 0.4) is 0 Å². The van der Waals surface area contributed by atoms with Gasteiger partial charge >= 0.3 is 7.32 Å². The average Bonchev–Trinajstić information content (AvgIpc) is 2.10. The van der Waals surface area contributed by atoms with Gasteiger partial charge in [0.25, 0.3) is 0 Å². The number of hydrogen-bond acceptors (Lipinski definition) is 4. The van der Waals surface area contributed by atoms with Crippen LogP contribution in [-0.2, 0) is 0 Å². The van der Waals surface area contributed by atoms with E-state index < -0.39 is 7.32 Å². The zero-order valence-corrected chi connectivity index (χ0v) is 8.58. The van der Waals surface area contributed by atoms with Crippen molar-refractivity contribution in [3.63, 3.8) is 0 Å². The van der Waals surface area contributed by atoms with Gasteiger partial charge in [0.1, 0.15) is 11.5 Å². The van der Waals surface area contributed by atoms with Gasteiger partial charge < -0.3 is 19.4 Å². The Labute approximate surface area is 87.2 Å². The van der Waals surface area contributed by atoms with Gasteiger partial charge in [0.05, 0.1) is 12.1 Å². The summed E-state index contributed by atoms with van der Waals surface area (Å²) in [4.78, 5) is 0. The van der Waals surface area contributed by atoms with Crippen LogP contribution >= 0.6 is 11.6 Å². The number of methoxy groups -OCH3 is 1. The summed E-state index contributed by atoms with van der Waals surface area (Å²) in [6.07, 6.45) is 0. The van der Waals surface area contributed by atoms with Gasteiger partial charge in [-0.3, -0.25) is 0 Å². The fraction of sp³-hybridized carbons (Fsp3) is 0.250. The van der Waals surface area contributed by atoms with Crippen LogP contribution in [0, 0.1) is 6.92 Å². The molecule has 0 saturated heterocycles. The number of rotatable bonds is 3. The molecule has 0 heterocycles. The molecule has 1 rings (SSSR count). The molecule has 0 aliphatic carbocycles. The second-order valence-electron chi connectivity index (χ2n) is 2.70. The molecule has 0 spiro atoms. The lowest BCUT2D eigenvalue weighted by molar-refractivity contribution is 0.287. The molecule has 2 N–H and O–H groups in total. The van der Waals surface area contributed by atoms with Gasteiger partial charge in [-0.05, 0) is 18.6 Å². The van der Waals surface area contributed by atoms with Crippen molar-refractivity contribution in [2.24, 2.45) is 0 Å². The minimum Gasteiger partial charge on any atom is -0.512 e. The number of aryl methyl sites for hydroxylation is 1. The van der Waals surface area contributed by atoms with E-state index in [1.165, 1.54) is 13.2 Å². The summed E-state index contributed by atoms with van der Waals surface area (Å²) >= 11 is 5.82. The highest BCUT2D eigenvalue weighted by Crippen LogP contribution is 2.31. The summed E-state index contributed by atoms with van der Waals surface area (Å²) in [5, 5.41) is 17.6. The maximum absolute atomic E-state index is 8.61. The van der Waals surface area contributed by atoms with Gasteiger partial charge in [-0.25, -0.2) is 0 Å². The van der Waals surface area contributed by atoms with Crippen LogP contribution in [0.5, 0.6) is 11.5 Å². The van der Waals surface area contributed by atoms with Crippen molar-refractivity contribution in [2.45, 2.75) is 6.92 Å². The smallest absolute Gasteiger partial charge is 0.512 e.